The van der Waals surface area contributed by atoms with Gasteiger partial charge in [-0.1, -0.05) is 11.6 Å². The zero-order chi connectivity index (χ0) is 22.1. The minimum Gasteiger partial charge on any atom is -0.419 e. The Morgan fingerprint density at radius 2 is 1.97 bits per heavy atom. The Labute approximate surface area is 183 Å². The number of nitrogens with one attached hydrogen (secondary N) is 1. The van der Waals surface area contributed by atoms with Crippen LogP contribution >= 0.6 is 11.6 Å². The number of carbonyl (C=O) groups is 2. The number of hydrogen-bond acceptors (Lipinski definition) is 4. The first-order valence-electron chi connectivity index (χ1n) is 9.98. The van der Waals surface area contributed by atoms with Crippen molar-refractivity contribution >= 4 is 29.3 Å². The number of ether oxygens (including phenoxy) is 2. The summed E-state index contributed by atoms with van der Waals surface area (Å²) in [5, 5.41) is 2.54. The first-order valence-corrected chi connectivity index (χ1v) is 10.4. The summed E-state index contributed by atoms with van der Waals surface area (Å²) >= 11 is 5.77. The maximum atomic E-state index is 14.7. The molecule has 0 bridgehead atoms. The van der Waals surface area contributed by atoms with E-state index in [0.29, 0.717) is 48.2 Å². The normalized spacial score (nSPS) is 19.7. The second kappa shape index (κ2) is 8.80. The standard InChI is InChI=1S/C22H21ClF2N2O4/c1-27(22(29)31-19-3-2-10-30-19)18-9-6-13-14(5-8-17(25)20(13)18)21(28)26-12-4-7-16(24)15(23)11-12/h4-5,7-8,11,18-19H,2-3,6,9-10H2,1H3,(H,26,28)/t18-,19+/m0/s1. The van der Waals surface area contributed by atoms with Gasteiger partial charge in [-0.25, -0.2) is 13.6 Å². The minimum atomic E-state index is -0.597. The zero-order valence-corrected chi connectivity index (χ0v) is 17.5. The first-order chi connectivity index (χ1) is 14.8. The summed E-state index contributed by atoms with van der Waals surface area (Å²) in [6, 6.07) is 5.90. The Morgan fingerprint density at radius 1 is 1.19 bits per heavy atom. The molecule has 0 spiro atoms. The highest BCUT2D eigenvalue weighted by atomic mass is 35.5. The number of anilines is 1. The third-order valence-electron chi connectivity index (χ3n) is 5.60. The monoisotopic (exact) mass is 450 g/mol. The van der Waals surface area contributed by atoms with Crippen LogP contribution in [0.3, 0.4) is 0 Å². The summed E-state index contributed by atoms with van der Waals surface area (Å²) in [5.74, 6) is -1.55. The molecule has 6 nitrogen and oxygen atoms in total. The van der Waals surface area contributed by atoms with E-state index in [1.807, 2.05) is 0 Å². The molecule has 1 N–H and O–H groups in total. The highest BCUT2D eigenvalue weighted by molar-refractivity contribution is 6.31. The average molecular weight is 451 g/mol. The smallest absolute Gasteiger partial charge is 0.412 e. The summed E-state index contributed by atoms with van der Waals surface area (Å²) in [6.07, 6.45) is 1.14. The molecule has 2 aromatic carbocycles. The number of amides is 2. The second-order valence-electron chi connectivity index (χ2n) is 7.56. The van der Waals surface area contributed by atoms with Crippen LogP contribution < -0.4 is 5.32 Å². The highest BCUT2D eigenvalue weighted by Gasteiger charge is 2.35. The number of hydrogen-bond donors (Lipinski definition) is 1. The Morgan fingerprint density at radius 3 is 2.68 bits per heavy atom. The van der Waals surface area contributed by atoms with Gasteiger partial charge in [-0.05, 0) is 55.2 Å². The summed E-state index contributed by atoms with van der Waals surface area (Å²) in [7, 11) is 1.55. The van der Waals surface area contributed by atoms with Crippen LogP contribution in [0.4, 0.5) is 19.3 Å². The third kappa shape index (κ3) is 4.36. The molecule has 0 radical (unpaired) electrons. The van der Waals surface area contributed by atoms with E-state index in [9.17, 15) is 18.4 Å². The molecule has 1 aliphatic carbocycles. The molecule has 1 saturated heterocycles. The second-order valence-corrected chi connectivity index (χ2v) is 7.97. The fraction of sp³-hybridized carbons (Fsp3) is 0.364. The Bertz CT molecular complexity index is 1030. The Balaban J connectivity index is 1.55. The van der Waals surface area contributed by atoms with Gasteiger partial charge in [0.05, 0.1) is 17.7 Å². The summed E-state index contributed by atoms with van der Waals surface area (Å²) in [6.45, 7) is 0.542. The van der Waals surface area contributed by atoms with Crippen molar-refractivity contribution in [3.63, 3.8) is 0 Å². The molecule has 1 fully saturated rings. The van der Waals surface area contributed by atoms with Gasteiger partial charge < -0.3 is 19.7 Å². The number of nitrogens with zero attached hydrogens (tertiary/aromatic N) is 1. The van der Waals surface area contributed by atoms with Gasteiger partial charge in [0.25, 0.3) is 5.91 Å². The van der Waals surface area contributed by atoms with Gasteiger partial charge in [-0.15, -0.1) is 0 Å². The molecule has 1 aliphatic heterocycles. The fourth-order valence-corrected chi connectivity index (χ4v) is 4.21. The van der Waals surface area contributed by atoms with Gasteiger partial charge >= 0.3 is 6.09 Å². The van der Waals surface area contributed by atoms with E-state index in [0.717, 1.165) is 12.5 Å². The number of carbonyl (C=O) groups excluding carboxylic acids is 2. The van der Waals surface area contributed by atoms with Gasteiger partial charge in [0, 0.05) is 30.3 Å². The number of halogens is 3. The first kappa shape index (κ1) is 21.5. The van der Waals surface area contributed by atoms with E-state index >= 15 is 0 Å². The SMILES string of the molecule is CN(C(=O)O[C@@H]1CCCO1)[C@H]1CCc2c(C(=O)Nc3ccc(F)c(Cl)c3)ccc(F)c21. The third-order valence-corrected chi connectivity index (χ3v) is 5.89. The summed E-state index contributed by atoms with van der Waals surface area (Å²) < 4.78 is 38.8. The molecule has 0 unspecified atom stereocenters. The van der Waals surface area contributed by atoms with Crippen LogP contribution in [0.1, 0.15) is 46.8 Å². The molecule has 1 heterocycles. The van der Waals surface area contributed by atoms with E-state index in [-0.39, 0.29) is 5.02 Å². The van der Waals surface area contributed by atoms with E-state index in [1.54, 1.807) is 7.05 Å². The molecule has 0 saturated carbocycles. The van der Waals surface area contributed by atoms with E-state index < -0.39 is 36.0 Å². The van der Waals surface area contributed by atoms with Gasteiger partial charge in [0.15, 0.2) is 0 Å². The van der Waals surface area contributed by atoms with Gasteiger partial charge in [0.1, 0.15) is 11.6 Å². The van der Waals surface area contributed by atoms with Gasteiger partial charge in [-0.3, -0.25) is 4.79 Å². The molecule has 31 heavy (non-hydrogen) atoms. The topological polar surface area (TPSA) is 67.9 Å². The Hall–Kier alpha value is -2.71. The predicted molar refractivity (Wildman–Crippen MR) is 110 cm³/mol. The average Bonchev–Trinajstić information content (AvgIpc) is 3.41. The molecule has 0 aromatic heterocycles. The van der Waals surface area contributed by atoms with Crippen molar-refractivity contribution in [3.8, 4) is 0 Å². The molecule has 164 valence electrons. The lowest BCUT2D eigenvalue weighted by Gasteiger charge is -2.26. The van der Waals surface area contributed by atoms with Gasteiger partial charge in [-0.2, -0.15) is 0 Å². The van der Waals surface area contributed by atoms with Crippen molar-refractivity contribution in [3.05, 3.63) is 63.7 Å². The van der Waals surface area contributed by atoms with Crippen molar-refractivity contribution in [2.75, 3.05) is 19.0 Å². The van der Waals surface area contributed by atoms with Crippen LogP contribution in [-0.2, 0) is 15.9 Å². The molecular weight excluding hydrogens is 430 g/mol. The lowest BCUT2D eigenvalue weighted by molar-refractivity contribution is -0.0791. The van der Waals surface area contributed by atoms with Crippen LogP contribution in [0.2, 0.25) is 5.02 Å². The molecular formula is C22H21ClF2N2O4. The lowest BCUT2D eigenvalue weighted by Crippen LogP contribution is -2.33. The van der Waals surface area contributed by atoms with Crippen molar-refractivity contribution in [2.45, 2.75) is 38.0 Å². The van der Waals surface area contributed by atoms with Crippen LogP contribution in [0.15, 0.2) is 30.3 Å². The van der Waals surface area contributed by atoms with E-state index in [4.69, 9.17) is 21.1 Å². The minimum absolute atomic E-state index is 0.117. The predicted octanol–water partition coefficient (Wildman–Crippen LogP) is 5.06. The van der Waals surface area contributed by atoms with Gasteiger partial charge in [0.2, 0.25) is 6.29 Å². The molecule has 2 atom stereocenters. The van der Waals surface area contributed by atoms with Crippen LogP contribution in [0.25, 0.3) is 0 Å². The maximum Gasteiger partial charge on any atom is 0.412 e. The molecule has 2 aromatic rings. The summed E-state index contributed by atoms with van der Waals surface area (Å²) in [5.41, 5.74) is 1.45. The fourth-order valence-electron chi connectivity index (χ4n) is 4.03. The van der Waals surface area contributed by atoms with Crippen molar-refractivity contribution in [2.24, 2.45) is 0 Å². The summed E-state index contributed by atoms with van der Waals surface area (Å²) in [4.78, 5) is 26.7. The van der Waals surface area contributed by atoms with Crippen LogP contribution in [-0.4, -0.2) is 36.8 Å². The van der Waals surface area contributed by atoms with Crippen LogP contribution in [0.5, 0.6) is 0 Å². The Kier molecular flexibility index (Phi) is 6.11. The zero-order valence-electron chi connectivity index (χ0n) is 16.8. The van der Waals surface area contributed by atoms with Crippen molar-refractivity contribution in [1.82, 2.24) is 4.90 Å². The van der Waals surface area contributed by atoms with Crippen molar-refractivity contribution in [1.29, 1.82) is 0 Å². The molecule has 2 aliphatic rings. The largest absolute Gasteiger partial charge is 0.419 e. The number of fused-ring (bicyclic) bond motifs is 1. The lowest BCUT2D eigenvalue weighted by atomic mass is 10.0. The van der Waals surface area contributed by atoms with E-state index in [1.165, 1.54) is 29.2 Å². The van der Waals surface area contributed by atoms with E-state index in [2.05, 4.69) is 5.32 Å². The number of benzene rings is 2. The molecule has 2 amide bonds. The number of rotatable bonds is 4. The maximum absolute atomic E-state index is 14.7. The quantitative estimate of drug-likeness (QED) is 0.706. The molecule has 9 heteroatoms. The molecule has 4 rings (SSSR count). The highest BCUT2D eigenvalue weighted by Crippen LogP contribution is 2.39. The van der Waals surface area contributed by atoms with Crippen molar-refractivity contribution < 1.29 is 27.8 Å². The van der Waals surface area contributed by atoms with Crippen LogP contribution in [0, 0.1) is 11.6 Å².